The SMILES string of the molecule is C/C=C/NC.CC.CC1(C)OC(=O)Nc2ccc(-c3cc(F)cc(C#N)c3)cc21. The monoisotopic (exact) mass is 397 g/mol. The van der Waals surface area contributed by atoms with Crippen molar-refractivity contribution < 1.29 is 13.9 Å². The first-order chi connectivity index (χ1) is 13.8. The average molecular weight is 397 g/mol. The molecule has 5 nitrogen and oxygen atoms in total. The molecule has 1 heterocycles. The number of nitrogens with zero attached hydrogens (tertiary/aromatic N) is 1. The summed E-state index contributed by atoms with van der Waals surface area (Å²) >= 11 is 0. The average Bonchev–Trinajstić information content (AvgIpc) is 2.69. The van der Waals surface area contributed by atoms with Crippen molar-refractivity contribution in [2.24, 2.45) is 0 Å². The Bertz CT molecular complexity index is 915. The van der Waals surface area contributed by atoms with Gasteiger partial charge in [0.25, 0.3) is 0 Å². The molecule has 154 valence electrons. The van der Waals surface area contributed by atoms with Gasteiger partial charge in [0, 0.05) is 12.6 Å². The van der Waals surface area contributed by atoms with Gasteiger partial charge in [-0.15, -0.1) is 0 Å². The minimum atomic E-state index is -0.779. The van der Waals surface area contributed by atoms with Crippen LogP contribution in [0, 0.1) is 17.1 Å². The fourth-order valence-electron chi connectivity index (χ4n) is 2.74. The van der Waals surface area contributed by atoms with Crippen LogP contribution in [0.1, 0.15) is 45.7 Å². The maximum atomic E-state index is 13.6. The highest BCUT2D eigenvalue weighted by Gasteiger charge is 2.33. The number of anilines is 1. The second-order valence-electron chi connectivity index (χ2n) is 6.41. The standard InChI is InChI=1S/C17H13FN2O2.C4H9N.C2H6/c1-17(2)14-8-11(3-4-15(14)20-16(21)22-17)12-5-10(9-19)6-13(18)7-12;1-3-4-5-2;1-2/h3-8H,1-2H3,(H,20,21);3-5H,1-2H3;1-2H3/b;4-3+;. The smallest absolute Gasteiger partial charge is 0.412 e. The molecule has 6 heteroatoms. The molecule has 0 saturated carbocycles. The van der Waals surface area contributed by atoms with Gasteiger partial charge in [-0.1, -0.05) is 26.0 Å². The van der Waals surface area contributed by atoms with Gasteiger partial charge in [0.1, 0.15) is 11.4 Å². The third-order valence-electron chi connectivity index (χ3n) is 3.95. The predicted molar refractivity (Wildman–Crippen MR) is 115 cm³/mol. The summed E-state index contributed by atoms with van der Waals surface area (Å²) in [5, 5.41) is 14.4. The number of allylic oxidation sites excluding steroid dienone is 1. The molecule has 0 radical (unpaired) electrons. The number of ether oxygens (including phenoxy) is 1. The maximum Gasteiger partial charge on any atom is 0.412 e. The van der Waals surface area contributed by atoms with E-state index >= 15 is 0 Å². The topological polar surface area (TPSA) is 74.2 Å². The van der Waals surface area contributed by atoms with E-state index in [0.717, 1.165) is 11.1 Å². The lowest BCUT2D eigenvalue weighted by Crippen LogP contribution is -2.34. The number of carbonyl (C=O) groups excluding carboxylic acids is 1. The van der Waals surface area contributed by atoms with E-state index in [4.69, 9.17) is 10.00 Å². The van der Waals surface area contributed by atoms with Crippen LogP contribution in [0.3, 0.4) is 0 Å². The Labute approximate surface area is 172 Å². The van der Waals surface area contributed by atoms with E-state index in [1.165, 1.54) is 12.1 Å². The number of carbonyl (C=O) groups is 1. The van der Waals surface area contributed by atoms with Crippen molar-refractivity contribution in [3.8, 4) is 17.2 Å². The molecule has 0 bridgehead atoms. The highest BCUT2D eigenvalue weighted by molar-refractivity contribution is 5.89. The molecule has 0 aliphatic carbocycles. The molecule has 0 fully saturated rings. The molecule has 2 aromatic rings. The Morgan fingerprint density at radius 3 is 2.41 bits per heavy atom. The molecule has 0 spiro atoms. The maximum absolute atomic E-state index is 13.6. The minimum absolute atomic E-state index is 0.261. The third-order valence-corrected chi connectivity index (χ3v) is 3.95. The van der Waals surface area contributed by atoms with Crippen molar-refractivity contribution in [3.05, 3.63) is 65.6 Å². The molecule has 0 aromatic heterocycles. The lowest BCUT2D eigenvalue weighted by Gasteiger charge is -2.32. The van der Waals surface area contributed by atoms with Crippen LogP contribution in [0.25, 0.3) is 11.1 Å². The van der Waals surface area contributed by atoms with Gasteiger partial charge in [0.2, 0.25) is 0 Å². The Morgan fingerprint density at radius 2 is 1.86 bits per heavy atom. The zero-order valence-corrected chi connectivity index (χ0v) is 17.8. The van der Waals surface area contributed by atoms with Crippen molar-refractivity contribution in [1.29, 1.82) is 5.26 Å². The summed E-state index contributed by atoms with van der Waals surface area (Å²) < 4.78 is 18.9. The number of nitrogens with one attached hydrogen (secondary N) is 2. The molecular weight excluding hydrogens is 369 g/mol. The summed E-state index contributed by atoms with van der Waals surface area (Å²) in [4.78, 5) is 11.5. The second kappa shape index (κ2) is 10.9. The first-order valence-corrected chi connectivity index (χ1v) is 9.44. The van der Waals surface area contributed by atoms with E-state index in [2.05, 4.69) is 10.6 Å². The molecule has 1 aliphatic heterocycles. The Hall–Kier alpha value is -3.33. The largest absolute Gasteiger partial charge is 0.438 e. The van der Waals surface area contributed by atoms with Crippen LogP contribution >= 0.6 is 0 Å². The van der Waals surface area contributed by atoms with Gasteiger partial charge in [0.05, 0.1) is 17.3 Å². The highest BCUT2D eigenvalue weighted by atomic mass is 19.1. The van der Waals surface area contributed by atoms with Crippen LogP contribution in [0.4, 0.5) is 14.9 Å². The molecule has 3 rings (SSSR count). The first-order valence-electron chi connectivity index (χ1n) is 9.44. The molecule has 0 unspecified atom stereocenters. The van der Waals surface area contributed by atoms with E-state index in [1.807, 2.05) is 52.2 Å². The van der Waals surface area contributed by atoms with Crippen molar-refractivity contribution in [2.45, 2.75) is 40.2 Å². The summed E-state index contributed by atoms with van der Waals surface area (Å²) in [7, 11) is 1.88. The number of cyclic esters (lactones) is 1. The Kier molecular flexibility index (Phi) is 8.88. The van der Waals surface area contributed by atoms with Crippen LogP contribution in [0.15, 0.2) is 48.7 Å². The Balaban J connectivity index is 0.000000527. The number of benzene rings is 2. The van der Waals surface area contributed by atoms with Crippen LogP contribution in [0.2, 0.25) is 0 Å². The number of fused-ring (bicyclic) bond motifs is 1. The molecule has 1 aliphatic rings. The summed E-state index contributed by atoms with van der Waals surface area (Å²) in [6, 6.07) is 11.5. The van der Waals surface area contributed by atoms with E-state index in [-0.39, 0.29) is 5.56 Å². The number of hydrogen-bond donors (Lipinski definition) is 2. The van der Waals surface area contributed by atoms with Crippen LogP contribution in [0.5, 0.6) is 0 Å². The van der Waals surface area contributed by atoms with Crippen molar-refractivity contribution in [3.63, 3.8) is 0 Å². The van der Waals surface area contributed by atoms with Gasteiger partial charge in [-0.2, -0.15) is 5.26 Å². The van der Waals surface area contributed by atoms with Gasteiger partial charge in [-0.25, -0.2) is 9.18 Å². The molecule has 2 aromatic carbocycles. The molecular formula is C23H28FN3O2. The number of hydrogen-bond acceptors (Lipinski definition) is 4. The zero-order chi connectivity index (χ0) is 22.0. The summed E-state index contributed by atoms with van der Waals surface area (Å²) in [6.45, 7) is 9.55. The molecule has 29 heavy (non-hydrogen) atoms. The first kappa shape index (κ1) is 23.7. The molecule has 1 amide bonds. The van der Waals surface area contributed by atoms with Crippen molar-refractivity contribution in [1.82, 2.24) is 5.32 Å². The zero-order valence-electron chi connectivity index (χ0n) is 17.8. The van der Waals surface area contributed by atoms with E-state index in [0.29, 0.717) is 11.3 Å². The normalized spacial score (nSPS) is 13.4. The lowest BCUT2D eigenvalue weighted by atomic mass is 9.91. The van der Waals surface area contributed by atoms with E-state index in [9.17, 15) is 9.18 Å². The minimum Gasteiger partial charge on any atom is -0.438 e. The predicted octanol–water partition coefficient (Wildman–Crippen LogP) is 5.93. The molecule has 2 N–H and O–H groups in total. The molecule has 0 saturated heterocycles. The number of halogens is 1. The fraction of sp³-hybridized carbons (Fsp3) is 0.304. The van der Waals surface area contributed by atoms with Crippen molar-refractivity contribution >= 4 is 11.8 Å². The van der Waals surface area contributed by atoms with E-state index < -0.39 is 17.5 Å². The summed E-state index contributed by atoms with van der Waals surface area (Å²) in [5.74, 6) is -0.462. The van der Waals surface area contributed by atoms with Crippen molar-refractivity contribution in [2.75, 3.05) is 12.4 Å². The van der Waals surface area contributed by atoms with Gasteiger partial charge < -0.3 is 10.1 Å². The highest BCUT2D eigenvalue weighted by Crippen LogP contribution is 2.38. The number of nitriles is 1. The van der Waals surface area contributed by atoms with Crippen LogP contribution < -0.4 is 10.6 Å². The number of rotatable bonds is 2. The second-order valence-corrected chi connectivity index (χ2v) is 6.41. The summed E-state index contributed by atoms with van der Waals surface area (Å²) in [6.07, 6.45) is 3.32. The Morgan fingerprint density at radius 1 is 1.17 bits per heavy atom. The fourth-order valence-corrected chi connectivity index (χ4v) is 2.74. The van der Waals surface area contributed by atoms with E-state index in [1.54, 1.807) is 32.0 Å². The summed E-state index contributed by atoms with van der Waals surface area (Å²) in [5.41, 5.74) is 2.31. The van der Waals surface area contributed by atoms with Gasteiger partial charge in [-0.05, 0) is 68.4 Å². The quantitative estimate of drug-likeness (QED) is 0.659. The van der Waals surface area contributed by atoms with Crippen LogP contribution in [-0.4, -0.2) is 13.1 Å². The van der Waals surface area contributed by atoms with Gasteiger partial charge >= 0.3 is 6.09 Å². The van der Waals surface area contributed by atoms with Gasteiger partial charge in [0.15, 0.2) is 0 Å². The third kappa shape index (κ3) is 6.35. The lowest BCUT2D eigenvalue weighted by molar-refractivity contribution is 0.0421. The van der Waals surface area contributed by atoms with Gasteiger partial charge in [-0.3, -0.25) is 5.32 Å². The number of amides is 1. The molecule has 0 atom stereocenters. The van der Waals surface area contributed by atoms with Crippen LogP contribution in [-0.2, 0) is 10.3 Å².